The van der Waals surface area contributed by atoms with Gasteiger partial charge in [0.25, 0.3) is 0 Å². The van der Waals surface area contributed by atoms with Gasteiger partial charge in [0, 0.05) is 19.1 Å². The maximum Gasteiger partial charge on any atom is 0.233 e. The molecule has 3 atom stereocenters. The van der Waals surface area contributed by atoms with Crippen LogP contribution in [0, 0.1) is 5.92 Å². The van der Waals surface area contributed by atoms with Gasteiger partial charge in [0.15, 0.2) is 0 Å². The molecule has 1 fully saturated rings. The van der Waals surface area contributed by atoms with Crippen LogP contribution in [0.15, 0.2) is 30.3 Å². The number of nitrogens with zero attached hydrogens (tertiary/aromatic N) is 1. The van der Waals surface area contributed by atoms with Crippen LogP contribution in [0.4, 0.5) is 0 Å². The summed E-state index contributed by atoms with van der Waals surface area (Å²) in [5.74, 6) is 0.533. The second kappa shape index (κ2) is 5.96. The van der Waals surface area contributed by atoms with Gasteiger partial charge in [-0.15, -0.1) is 0 Å². The van der Waals surface area contributed by atoms with Gasteiger partial charge in [0.1, 0.15) is 0 Å². The third kappa shape index (κ3) is 2.35. The second-order valence-corrected chi connectivity index (χ2v) is 5.70. The van der Waals surface area contributed by atoms with Crippen molar-refractivity contribution in [2.75, 3.05) is 13.1 Å². The van der Waals surface area contributed by atoms with Crippen molar-refractivity contribution in [1.29, 1.82) is 0 Å². The van der Waals surface area contributed by atoms with Gasteiger partial charge in [-0.2, -0.15) is 0 Å². The molecule has 1 aromatic rings. The maximum atomic E-state index is 13.0. The molecule has 0 heterocycles. The Morgan fingerprint density at radius 3 is 2.40 bits per heavy atom. The van der Waals surface area contributed by atoms with E-state index >= 15 is 0 Å². The van der Waals surface area contributed by atoms with Gasteiger partial charge in [0.05, 0.1) is 5.41 Å². The Balaban J connectivity index is 2.35. The van der Waals surface area contributed by atoms with E-state index in [1.165, 1.54) is 0 Å². The zero-order valence-electron chi connectivity index (χ0n) is 12.8. The number of benzene rings is 1. The molecule has 20 heavy (non-hydrogen) atoms. The average Bonchev–Trinajstić information content (AvgIpc) is 3.25. The summed E-state index contributed by atoms with van der Waals surface area (Å²) in [7, 11) is 0. The number of carbonyl (C=O) groups excluding carboxylic acids is 1. The van der Waals surface area contributed by atoms with Crippen LogP contribution in [-0.4, -0.2) is 29.9 Å². The van der Waals surface area contributed by atoms with Crippen molar-refractivity contribution in [2.24, 2.45) is 11.7 Å². The van der Waals surface area contributed by atoms with Crippen molar-refractivity contribution in [3.63, 3.8) is 0 Å². The van der Waals surface area contributed by atoms with Crippen molar-refractivity contribution in [1.82, 2.24) is 4.90 Å². The van der Waals surface area contributed by atoms with Gasteiger partial charge in [-0.05, 0) is 38.2 Å². The first-order chi connectivity index (χ1) is 9.61. The van der Waals surface area contributed by atoms with Gasteiger partial charge in [0.2, 0.25) is 5.91 Å². The van der Waals surface area contributed by atoms with Crippen LogP contribution in [0.5, 0.6) is 0 Å². The lowest BCUT2D eigenvalue weighted by atomic mass is 9.89. The van der Waals surface area contributed by atoms with Crippen molar-refractivity contribution in [2.45, 2.75) is 45.1 Å². The topological polar surface area (TPSA) is 46.3 Å². The molecule has 0 aromatic heterocycles. The molecule has 1 aliphatic carbocycles. The maximum absolute atomic E-state index is 13.0. The predicted molar refractivity (Wildman–Crippen MR) is 82.4 cm³/mol. The molecule has 1 amide bonds. The van der Waals surface area contributed by atoms with Gasteiger partial charge in [-0.1, -0.05) is 37.3 Å². The number of amides is 1. The van der Waals surface area contributed by atoms with E-state index in [1.807, 2.05) is 36.9 Å². The molecule has 0 bridgehead atoms. The minimum Gasteiger partial charge on any atom is -0.342 e. The van der Waals surface area contributed by atoms with Crippen molar-refractivity contribution in [3.8, 4) is 0 Å². The molecule has 1 aliphatic rings. The van der Waals surface area contributed by atoms with Gasteiger partial charge in [-0.25, -0.2) is 0 Å². The van der Waals surface area contributed by atoms with Crippen LogP contribution in [0.1, 0.15) is 39.2 Å². The van der Waals surface area contributed by atoms with E-state index in [0.29, 0.717) is 0 Å². The summed E-state index contributed by atoms with van der Waals surface area (Å²) in [5, 5.41) is 0. The highest BCUT2D eigenvalue weighted by molar-refractivity contribution is 5.92. The van der Waals surface area contributed by atoms with Gasteiger partial charge in [-0.3, -0.25) is 4.79 Å². The normalized spacial score (nSPS) is 26.1. The lowest BCUT2D eigenvalue weighted by Gasteiger charge is -2.27. The summed E-state index contributed by atoms with van der Waals surface area (Å²) in [6.45, 7) is 7.70. The van der Waals surface area contributed by atoms with E-state index in [1.54, 1.807) is 0 Å². The highest BCUT2D eigenvalue weighted by Gasteiger charge is 2.63. The Hall–Kier alpha value is -1.35. The number of rotatable bonds is 6. The average molecular weight is 274 g/mol. The first-order valence-corrected chi connectivity index (χ1v) is 7.72. The third-order valence-electron chi connectivity index (χ3n) is 4.72. The Morgan fingerprint density at radius 2 is 1.90 bits per heavy atom. The fraction of sp³-hybridized carbons (Fsp3) is 0.588. The smallest absolute Gasteiger partial charge is 0.233 e. The second-order valence-electron chi connectivity index (χ2n) is 5.70. The molecule has 2 N–H and O–H groups in total. The first-order valence-electron chi connectivity index (χ1n) is 7.72. The van der Waals surface area contributed by atoms with Gasteiger partial charge >= 0.3 is 0 Å². The highest BCUT2D eigenvalue weighted by Crippen LogP contribution is 2.57. The van der Waals surface area contributed by atoms with Crippen molar-refractivity contribution < 1.29 is 4.79 Å². The zero-order chi connectivity index (χ0) is 14.8. The summed E-state index contributed by atoms with van der Waals surface area (Å²) in [6.07, 6.45) is 1.81. The molecule has 1 aromatic carbocycles. The zero-order valence-corrected chi connectivity index (χ0v) is 12.8. The molecule has 1 saturated carbocycles. The largest absolute Gasteiger partial charge is 0.342 e. The molecular weight excluding hydrogens is 248 g/mol. The molecule has 0 saturated heterocycles. The number of nitrogens with two attached hydrogens (primary N) is 1. The van der Waals surface area contributed by atoms with Crippen LogP contribution in [-0.2, 0) is 10.2 Å². The SMILES string of the molecule is CCC(N)C1C[C@]1(C(=O)N(CC)CC)c1ccccc1. The van der Waals surface area contributed by atoms with Crippen LogP contribution in [0.2, 0.25) is 0 Å². The van der Waals surface area contributed by atoms with E-state index in [0.717, 1.165) is 31.5 Å². The number of likely N-dealkylation sites (N-methyl/N-ethyl adjacent to an activating group) is 1. The standard InChI is InChI=1S/C17H26N2O/c1-4-15(18)14-12-17(14,13-10-8-7-9-11-13)16(20)19(5-2)6-3/h7-11,14-15H,4-6,12,18H2,1-3H3/t14?,15?,17-/m0/s1. The fourth-order valence-electron chi connectivity index (χ4n) is 3.32. The van der Waals surface area contributed by atoms with Crippen LogP contribution >= 0.6 is 0 Å². The molecule has 2 rings (SSSR count). The molecule has 0 spiro atoms. The van der Waals surface area contributed by atoms with Gasteiger partial charge < -0.3 is 10.6 Å². The summed E-state index contributed by atoms with van der Waals surface area (Å²) in [4.78, 5) is 14.9. The summed E-state index contributed by atoms with van der Waals surface area (Å²) >= 11 is 0. The Morgan fingerprint density at radius 1 is 1.30 bits per heavy atom. The molecule has 3 heteroatoms. The van der Waals surface area contributed by atoms with E-state index in [2.05, 4.69) is 19.1 Å². The molecule has 0 radical (unpaired) electrons. The monoisotopic (exact) mass is 274 g/mol. The number of hydrogen-bond acceptors (Lipinski definition) is 2. The Bertz CT molecular complexity index is 455. The number of hydrogen-bond donors (Lipinski definition) is 1. The molecule has 3 nitrogen and oxygen atoms in total. The quantitative estimate of drug-likeness (QED) is 0.866. The predicted octanol–water partition coefficient (Wildman–Crippen LogP) is 2.55. The number of carbonyl (C=O) groups is 1. The minimum absolute atomic E-state index is 0.106. The first kappa shape index (κ1) is 15.0. The lowest BCUT2D eigenvalue weighted by molar-refractivity contribution is -0.134. The lowest BCUT2D eigenvalue weighted by Crippen LogP contribution is -2.42. The molecular formula is C17H26N2O. The molecule has 0 aliphatic heterocycles. The highest BCUT2D eigenvalue weighted by atomic mass is 16.2. The van der Waals surface area contributed by atoms with Crippen molar-refractivity contribution >= 4 is 5.91 Å². The van der Waals surface area contributed by atoms with Crippen LogP contribution in [0.3, 0.4) is 0 Å². The Kier molecular flexibility index (Phi) is 4.48. The third-order valence-corrected chi connectivity index (χ3v) is 4.72. The van der Waals surface area contributed by atoms with E-state index < -0.39 is 0 Å². The van der Waals surface area contributed by atoms with E-state index in [9.17, 15) is 4.79 Å². The van der Waals surface area contributed by atoms with E-state index in [4.69, 9.17) is 5.73 Å². The summed E-state index contributed by atoms with van der Waals surface area (Å²) in [6, 6.07) is 10.3. The fourth-order valence-corrected chi connectivity index (χ4v) is 3.32. The summed E-state index contributed by atoms with van der Waals surface area (Å²) < 4.78 is 0. The molecule has 110 valence electrons. The van der Waals surface area contributed by atoms with E-state index in [-0.39, 0.29) is 23.3 Å². The molecule has 2 unspecified atom stereocenters. The Labute approximate surface area is 122 Å². The van der Waals surface area contributed by atoms with Crippen LogP contribution in [0.25, 0.3) is 0 Å². The summed E-state index contributed by atoms with van der Waals surface area (Å²) in [5.41, 5.74) is 7.00. The van der Waals surface area contributed by atoms with Crippen molar-refractivity contribution in [3.05, 3.63) is 35.9 Å². The van der Waals surface area contributed by atoms with Crippen LogP contribution < -0.4 is 5.73 Å². The minimum atomic E-state index is -0.372.